The van der Waals surface area contributed by atoms with E-state index in [1.54, 1.807) is 0 Å². The van der Waals surface area contributed by atoms with E-state index in [1.807, 2.05) is 17.8 Å². The molecule has 1 aromatic heterocycles. The number of nitrogens with zero attached hydrogens (tertiary/aromatic N) is 2. The molecule has 0 aliphatic carbocycles. The first kappa shape index (κ1) is 15.1. The van der Waals surface area contributed by atoms with Crippen LogP contribution < -0.4 is 5.32 Å². The Bertz CT molecular complexity index is 529. The van der Waals surface area contributed by atoms with Gasteiger partial charge in [-0.3, -0.25) is 4.68 Å². The van der Waals surface area contributed by atoms with Crippen LogP contribution in [0.1, 0.15) is 30.2 Å². The fourth-order valence-electron chi connectivity index (χ4n) is 2.23. The summed E-state index contributed by atoms with van der Waals surface area (Å²) in [5, 5.41) is 8.60. The number of nitrogens with one attached hydrogen (secondary N) is 1. The van der Waals surface area contributed by atoms with Crippen LogP contribution in [-0.4, -0.2) is 22.9 Å². The van der Waals surface area contributed by atoms with E-state index in [0.29, 0.717) is 0 Å². The van der Waals surface area contributed by atoms with Crippen LogP contribution in [0.5, 0.6) is 0 Å². The van der Waals surface area contributed by atoms with Crippen LogP contribution in [0.3, 0.4) is 0 Å². The van der Waals surface area contributed by atoms with Gasteiger partial charge in [-0.15, -0.1) is 0 Å². The lowest BCUT2D eigenvalue weighted by Gasteiger charge is -2.10. The zero-order valence-electron chi connectivity index (χ0n) is 12.2. The molecule has 2 rings (SSSR count). The molecule has 0 atom stereocenters. The topological polar surface area (TPSA) is 29.9 Å². The van der Waals surface area contributed by atoms with E-state index in [0.717, 1.165) is 36.8 Å². The maximum atomic E-state index is 6.06. The summed E-state index contributed by atoms with van der Waals surface area (Å²) >= 11 is 6.06. The highest BCUT2D eigenvalue weighted by Crippen LogP contribution is 2.15. The highest BCUT2D eigenvalue weighted by molar-refractivity contribution is 6.31. The predicted octanol–water partition coefficient (Wildman–Crippen LogP) is 3.44. The Balaban J connectivity index is 2.03. The minimum atomic E-state index is 0.729. The Kier molecular flexibility index (Phi) is 5.62. The molecular formula is C16H22ClN3. The third-order valence-electron chi connectivity index (χ3n) is 3.34. The molecule has 0 fully saturated rings. The standard InChI is InChI=1S/C16H22ClN3/c1-3-9-18-10-8-14-6-4-5-7-15(14)11-20-12-16(17)13(2)19-20/h4-7,12,18H,3,8-11H2,1-2H3. The third-order valence-corrected chi connectivity index (χ3v) is 3.71. The summed E-state index contributed by atoms with van der Waals surface area (Å²) < 4.78 is 1.91. The van der Waals surface area contributed by atoms with Crippen molar-refractivity contribution in [2.75, 3.05) is 13.1 Å². The van der Waals surface area contributed by atoms with Gasteiger partial charge in [0.05, 0.1) is 17.3 Å². The zero-order chi connectivity index (χ0) is 14.4. The minimum Gasteiger partial charge on any atom is -0.316 e. The van der Waals surface area contributed by atoms with Crippen molar-refractivity contribution in [1.29, 1.82) is 0 Å². The Morgan fingerprint density at radius 2 is 1.95 bits per heavy atom. The molecule has 0 unspecified atom stereocenters. The second-order valence-electron chi connectivity index (χ2n) is 5.03. The van der Waals surface area contributed by atoms with Gasteiger partial charge in [-0.05, 0) is 44.0 Å². The van der Waals surface area contributed by atoms with Gasteiger partial charge in [0, 0.05) is 6.20 Å². The largest absolute Gasteiger partial charge is 0.316 e. The van der Waals surface area contributed by atoms with Gasteiger partial charge in [0.2, 0.25) is 0 Å². The van der Waals surface area contributed by atoms with Gasteiger partial charge in [0.15, 0.2) is 0 Å². The number of halogens is 1. The first-order valence-corrected chi connectivity index (χ1v) is 7.55. The summed E-state index contributed by atoms with van der Waals surface area (Å²) in [6, 6.07) is 8.54. The molecule has 0 saturated carbocycles. The van der Waals surface area contributed by atoms with Crippen molar-refractivity contribution in [2.45, 2.75) is 33.2 Å². The van der Waals surface area contributed by atoms with Crippen molar-refractivity contribution in [3.63, 3.8) is 0 Å². The molecule has 20 heavy (non-hydrogen) atoms. The molecule has 108 valence electrons. The molecule has 4 heteroatoms. The second kappa shape index (κ2) is 7.46. The van der Waals surface area contributed by atoms with Gasteiger partial charge in [-0.1, -0.05) is 42.8 Å². The predicted molar refractivity (Wildman–Crippen MR) is 84.4 cm³/mol. The van der Waals surface area contributed by atoms with E-state index in [1.165, 1.54) is 17.5 Å². The van der Waals surface area contributed by atoms with Gasteiger partial charge in [-0.2, -0.15) is 5.10 Å². The number of hydrogen-bond donors (Lipinski definition) is 1. The summed E-state index contributed by atoms with van der Waals surface area (Å²) in [5.41, 5.74) is 3.57. The molecule has 1 heterocycles. The maximum Gasteiger partial charge on any atom is 0.0815 e. The average Bonchev–Trinajstić information content (AvgIpc) is 2.75. The smallest absolute Gasteiger partial charge is 0.0815 e. The summed E-state index contributed by atoms with van der Waals surface area (Å²) in [6.45, 7) is 6.99. The highest BCUT2D eigenvalue weighted by Gasteiger charge is 2.06. The molecule has 0 radical (unpaired) electrons. The molecule has 0 bridgehead atoms. The summed E-state index contributed by atoms with van der Waals surface area (Å²) in [6.07, 6.45) is 4.11. The van der Waals surface area contributed by atoms with Gasteiger partial charge < -0.3 is 5.32 Å². The highest BCUT2D eigenvalue weighted by atomic mass is 35.5. The van der Waals surface area contributed by atoms with Gasteiger partial charge >= 0.3 is 0 Å². The monoisotopic (exact) mass is 291 g/mol. The molecule has 1 aromatic carbocycles. The van der Waals surface area contributed by atoms with Crippen molar-refractivity contribution >= 4 is 11.6 Å². The molecule has 0 amide bonds. The van der Waals surface area contributed by atoms with Crippen molar-refractivity contribution < 1.29 is 0 Å². The van der Waals surface area contributed by atoms with Crippen molar-refractivity contribution in [3.8, 4) is 0 Å². The number of aryl methyl sites for hydroxylation is 1. The molecule has 0 aliphatic heterocycles. The number of rotatable bonds is 7. The van der Waals surface area contributed by atoms with Crippen LogP contribution >= 0.6 is 11.6 Å². The molecule has 0 saturated heterocycles. The average molecular weight is 292 g/mol. The number of benzene rings is 1. The van der Waals surface area contributed by atoms with Crippen LogP contribution in [0.15, 0.2) is 30.5 Å². The SMILES string of the molecule is CCCNCCc1ccccc1Cn1cc(Cl)c(C)n1. The fourth-order valence-corrected chi connectivity index (χ4v) is 2.38. The molecular weight excluding hydrogens is 270 g/mol. The van der Waals surface area contributed by atoms with Gasteiger partial charge in [0.1, 0.15) is 0 Å². The molecule has 0 spiro atoms. The normalized spacial score (nSPS) is 10.9. The van der Waals surface area contributed by atoms with E-state index in [-0.39, 0.29) is 0 Å². The van der Waals surface area contributed by atoms with Crippen LogP contribution in [0.2, 0.25) is 5.02 Å². The molecule has 1 N–H and O–H groups in total. The van der Waals surface area contributed by atoms with E-state index in [9.17, 15) is 0 Å². The van der Waals surface area contributed by atoms with Crippen LogP contribution in [-0.2, 0) is 13.0 Å². The fraction of sp³-hybridized carbons (Fsp3) is 0.438. The molecule has 2 aromatic rings. The third kappa shape index (κ3) is 4.09. The lowest BCUT2D eigenvalue weighted by molar-refractivity contribution is 0.653. The van der Waals surface area contributed by atoms with Gasteiger partial charge in [-0.25, -0.2) is 0 Å². The second-order valence-corrected chi connectivity index (χ2v) is 5.44. The van der Waals surface area contributed by atoms with Crippen LogP contribution in [0.4, 0.5) is 0 Å². The summed E-state index contributed by atoms with van der Waals surface area (Å²) in [7, 11) is 0. The van der Waals surface area contributed by atoms with E-state index in [2.05, 4.69) is 41.6 Å². The van der Waals surface area contributed by atoms with Crippen molar-refractivity contribution in [3.05, 3.63) is 52.3 Å². The van der Waals surface area contributed by atoms with Crippen molar-refractivity contribution in [2.24, 2.45) is 0 Å². The van der Waals surface area contributed by atoms with Crippen molar-refractivity contribution in [1.82, 2.24) is 15.1 Å². The van der Waals surface area contributed by atoms with Crippen LogP contribution in [0, 0.1) is 6.92 Å². The summed E-state index contributed by atoms with van der Waals surface area (Å²) in [4.78, 5) is 0. The van der Waals surface area contributed by atoms with E-state index in [4.69, 9.17) is 11.6 Å². The zero-order valence-corrected chi connectivity index (χ0v) is 13.0. The first-order chi connectivity index (χ1) is 9.70. The Morgan fingerprint density at radius 3 is 2.60 bits per heavy atom. The Labute approximate surface area is 126 Å². The van der Waals surface area contributed by atoms with E-state index >= 15 is 0 Å². The quantitative estimate of drug-likeness (QED) is 0.792. The Hall–Kier alpha value is -1.32. The van der Waals surface area contributed by atoms with E-state index < -0.39 is 0 Å². The first-order valence-electron chi connectivity index (χ1n) is 7.17. The number of hydrogen-bond acceptors (Lipinski definition) is 2. The lowest BCUT2D eigenvalue weighted by Crippen LogP contribution is -2.18. The minimum absolute atomic E-state index is 0.729. The van der Waals surface area contributed by atoms with Gasteiger partial charge in [0.25, 0.3) is 0 Å². The van der Waals surface area contributed by atoms with Crippen LogP contribution in [0.25, 0.3) is 0 Å². The molecule has 3 nitrogen and oxygen atoms in total. The lowest BCUT2D eigenvalue weighted by atomic mass is 10.0. The Morgan fingerprint density at radius 1 is 1.20 bits per heavy atom. The molecule has 0 aliphatic rings. The maximum absolute atomic E-state index is 6.06. The number of aromatic nitrogens is 2. The summed E-state index contributed by atoms with van der Waals surface area (Å²) in [5.74, 6) is 0.